The fraction of sp³-hybridized carbons (Fsp3) is 0.455. The first-order chi connectivity index (χ1) is 8.12. The molecule has 1 aromatic carbocycles. The monoisotopic (exact) mass is 260 g/mol. The van der Waals surface area contributed by atoms with Gasteiger partial charge in [0.05, 0.1) is 31.0 Å². The van der Waals surface area contributed by atoms with Crippen molar-refractivity contribution in [2.75, 3.05) is 32.6 Å². The molecular weight excluding hydrogens is 244 g/mol. The lowest BCUT2D eigenvalue weighted by molar-refractivity contribution is 0.196. The molecule has 0 amide bonds. The minimum atomic E-state index is -0.610. The van der Waals surface area contributed by atoms with Gasteiger partial charge in [-0.25, -0.2) is 0 Å². The van der Waals surface area contributed by atoms with E-state index in [9.17, 15) is 5.11 Å². The Morgan fingerprint density at radius 3 is 2.53 bits per heavy atom. The largest absolute Gasteiger partial charge is 0.495 e. The van der Waals surface area contributed by atoms with Crippen LogP contribution in [0.5, 0.6) is 11.5 Å². The minimum Gasteiger partial charge on any atom is -0.495 e. The van der Waals surface area contributed by atoms with Crippen LogP contribution in [0, 0.1) is 0 Å². The van der Waals surface area contributed by atoms with Crippen molar-refractivity contribution in [1.82, 2.24) is 0 Å². The fourth-order valence-corrected chi connectivity index (χ4v) is 1.54. The lowest BCUT2D eigenvalue weighted by Gasteiger charge is -2.15. The predicted octanol–water partition coefficient (Wildman–Crippen LogP) is 1.09. The third kappa shape index (κ3) is 3.66. The Bertz CT molecular complexity index is 374. The molecule has 96 valence electrons. The maximum Gasteiger partial charge on any atom is 0.143 e. The highest BCUT2D eigenvalue weighted by atomic mass is 35.5. The normalized spacial score (nSPS) is 12.1. The van der Waals surface area contributed by atoms with Crippen molar-refractivity contribution in [2.24, 2.45) is 5.73 Å². The molecule has 4 N–H and O–H groups in total. The minimum absolute atomic E-state index is 0.194. The third-order valence-corrected chi connectivity index (χ3v) is 2.57. The zero-order chi connectivity index (χ0) is 12.8. The summed E-state index contributed by atoms with van der Waals surface area (Å²) in [5.41, 5.74) is 6.02. The number of hydrogen-bond donors (Lipinski definition) is 3. The highest BCUT2D eigenvalue weighted by molar-refractivity contribution is 6.32. The van der Waals surface area contributed by atoms with E-state index in [1.807, 2.05) is 0 Å². The van der Waals surface area contributed by atoms with Crippen LogP contribution in [0.2, 0.25) is 5.02 Å². The molecular formula is C11H17ClN2O3. The van der Waals surface area contributed by atoms with E-state index in [0.29, 0.717) is 28.8 Å². The highest BCUT2D eigenvalue weighted by Gasteiger charge is 2.10. The summed E-state index contributed by atoms with van der Waals surface area (Å²) in [6, 6.07) is 3.36. The lowest BCUT2D eigenvalue weighted by atomic mass is 10.2. The second-order valence-electron chi connectivity index (χ2n) is 3.46. The van der Waals surface area contributed by atoms with Crippen molar-refractivity contribution in [3.05, 3.63) is 17.2 Å². The first-order valence-corrected chi connectivity index (χ1v) is 5.53. The van der Waals surface area contributed by atoms with E-state index in [1.54, 1.807) is 19.2 Å². The van der Waals surface area contributed by atoms with Crippen LogP contribution in [0.4, 0.5) is 5.69 Å². The predicted molar refractivity (Wildman–Crippen MR) is 68.1 cm³/mol. The lowest BCUT2D eigenvalue weighted by Crippen LogP contribution is -2.27. The van der Waals surface area contributed by atoms with Crippen LogP contribution in [0.1, 0.15) is 0 Å². The molecule has 5 nitrogen and oxygen atoms in total. The molecule has 0 aliphatic carbocycles. The first kappa shape index (κ1) is 13.9. The molecule has 17 heavy (non-hydrogen) atoms. The van der Waals surface area contributed by atoms with Crippen molar-refractivity contribution < 1.29 is 14.6 Å². The van der Waals surface area contributed by atoms with Gasteiger partial charge in [-0.2, -0.15) is 0 Å². The molecule has 0 saturated carbocycles. The number of hydrogen-bond acceptors (Lipinski definition) is 5. The number of nitrogens with one attached hydrogen (secondary N) is 1. The summed E-state index contributed by atoms with van der Waals surface area (Å²) in [4.78, 5) is 0. The van der Waals surface area contributed by atoms with Gasteiger partial charge in [0.2, 0.25) is 0 Å². The number of ether oxygens (including phenoxy) is 2. The van der Waals surface area contributed by atoms with E-state index in [0.717, 1.165) is 0 Å². The van der Waals surface area contributed by atoms with Crippen LogP contribution in [0.15, 0.2) is 12.1 Å². The Morgan fingerprint density at radius 1 is 1.35 bits per heavy atom. The van der Waals surface area contributed by atoms with Gasteiger partial charge in [-0.05, 0) is 0 Å². The molecule has 0 bridgehead atoms. The van der Waals surface area contributed by atoms with Crippen molar-refractivity contribution in [3.63, 3.8) is 0 Å². The van der Waals surface area contributed by atoms with Gasteiger partial charge in [-0.1, -0.05) is 11.6 Å². The van der Waals surface area contributed by atoms with E-state index in [1.165, 1.54) is 7.11 Å². The van der Waals surface area contributed by atoms with Gasteiger partial charge >= 0.3 is 0 Å². The fourth-order valence-electron chi connectivity index (χ4n) is 1.31. The second-order valence-corrected chi connectivity index (χ2v) is 3.86. The number of benzene rings is 1. The molecule has 1 aromatic rings. The molecule has 1 atom stereocenters. The van der Waals surface area contributed by atoms with Crippen LogP contribution in [0.3, 0.4) is 0 Å². The smallest absolute Gasteiger partial charge is 0.143 e. The highest BCUT2D eigenvalue weighted by Crippen LogP contribution is 2.35. The van der Waals surface area contributed by atoms with Crippen molar-refractivity contribution in [1.29, 1.82) is 0 Å². The third-order valence-electron chi connectivity index (χ3n) is 2.27. The van der Waals surface area contributed by atoms with Crippen molar-refractivity contribution >= 4 is 17.3 Å². The Balaban J connectivity index is 2.88. The molecule has 0 aliphatic heterocycles. The average Bonchev–Trinajstić information content (AvgIpc) is 2.36. The summed E-state index contributed by atoms with van der Waals surface area (Å²) >= 11 is 5.97. The summed E-state index contributed by atoms with van der Waals surface area (Å²) in [6.45, 7) is 0.525. The number of halogens is 1. The Labute approximate surface area is 105 Å². The average molecular weight is 261 g/mol. The standard InChI is InChI=1S/C11H17ClN2O3/c1-16-10-4-9(14-6-7(15)5-13)11(17-2)3-8(10)12/h3-4,7,14-15H,5-6,13H2,1-2H3. The summed E-state index contributed by atoms with van der Waals surface area (Å²) < 4.78 is 10.3. The quantitative estimate of drug-likeness (QED) is 0.714. The molecule has 0 saturated heterocycles. The molecule has 0 heterocycles. The van der Waals surface area contributed by atoms with Gasteiger partial charge in [0.15, 0.2) is 0 Å². The number of aliphatic hydroxyl groups excluding tert-OH is 1. The molecule has 1 unspecified atom stereocenters. The van der Waals surface area contributed by atoms with Gasteiger partial charge in [-0.15, -0.1) is 0 Å². The Morgan fingerprint density at radius 2 is 2.00 bits per heavy atom. The van der Waals surface area contributed by atoms with Gasteiger partial charge < -0.3 is 25.6 Å². The van der Waals surface area contributed by atoms with Crippen LogP contribution >= 0.6 is 11.6 Å². The Hall–Kier alpha value is -1.17. The van der Waals surface area contributed by atoms with E-state index < -0.39 is 6.10 Å². The summed E-state index contributed by atoms with van der Waals surface area (Å²) in [5.74, 6) is 1.12. The van der Waals surface area contributed by atoms with Crippen LogP contribution in [-0.4, -0.2) is 38.5 Å². The van der Waals surface area contributed by atoms with E-state index in [2.05, 4.69) is 5.32 Å². The molecule has 0 radical (unpaired) electrons. The number of anilines is 1. The number of aliphatic hydroxyl groups is 1. The summed E-state index contributed by atoms with van der Waals surface area (Å²) in [5, 5.41) is 12.9. The molecule has 1 rings (SSSR count). The van der Waals surface area contributed by atoms with Crippen molar-refractivity contribution in [3.8, 4) is 11.5 Å². The summed E-state index contributed by atoms with van der Waals surface area (Å²) in [6.07, 6.45) is -0.610. The van der Waals surface area contributed by atoms with E-state index in [-0.39, 0.29) is 6.54 Å². The summed E-state index contributed by atoms with van der Waals surface area (Å²) in [7, 11) is 3.08. The first-order valence-electron chi connectivity index (χ1n) is 5.15. The molecule has 0 spiro atoms. The second kappa shape index (κ2) is 6.54. The van der Waals surface area contributed by atoms with Crippen molar-refractivity contribution in [2.45, 2.75) is 6.10 Å². The zero-order valence-corrected chi connectivity index (χ0v) is 10.6. The molecule has 0 aromatic heterocycles. The van der Waals surface area contributed by atoms with Crippen LogP contribution in [-0.2, 0) is 0 Å². The number of rotatable bonds is 6. The molecule has 0 aliphatic rings. The van der Waals surface area contributed by atoms with E-state index in [4.69, 9.17) is 26.8 Å². The van der Waals surface area contributed by atoms with E-state index >= 15 is 0 Å². The SMILES string of the molecule is COc1cc(NCC(O)CN)c(OC)cc1Cl. The number of methoxy groups -OCH3 is 2. The van der Waals surface area contributed by atoms with Crippen LogP contribution in [0.25, 0.3) is 0 Å². The number of nitrogens with two attached hydrogens (primary N) is 1. The Kier molecular flexibility index (Phi) is 5.34. The molecule has 6 heteroatoms. The topological polar surface area (TPSA) is 76.7 Å². The van der Waals surface area contributed by atoms with Gasteiger partial charge in [0.25, 0.3) is 0 Å². The van der Waals surface area contributed by atoms with Gasteiger partial charge in [-0.3, -0.25) is 0 Å². The maximum absolute atomic E-state index is 9.38. The van der Waals surface area contributed by atoms with Crippen LogP contribution < -0.4 is 20.5 Å². The van der Waals surface area contributed by atoms with Gasteiger partial charge in [0, 0.05) is 25.2 Å². The molecule has 0 fully saturated rings. The van der Waals surface area contributed by atoms with Gasteiger partial charge in [0.1, 0.15) is 11.5 Å². The maximum atomic E-state index is 9.38. The zero-order valence-electron chi connectivity index (χ0n) is 9.87.